The Balaban J connectivity index is 2.72. The van der Waals surface area contributed by atoms with Gasteiger partial charge in [-0.3, -0.25) is 9.52 Å². The molecule has 1 aromatic rings. The van der Waals surface area contributed by atoms with Crippen molar-refractivity contribution < 1.29 is 22.0 Å². The van der Waals surface area contributed by atoms with Gasteiger partial charge in [0.1, 0.15) is 11.6 Å². The number of hydrogen-bond donors (Lipinski definition) is 1. The Labute approximate surface area is 135 Å². The van der Waals surface area contributed by atoms with Gasteiger partial charge in [0.05, 0.1) is 17.4 Å². The lowest BCUT2D eigenvalue weighted by atomic mass is 10.2. The van der Waals surface area contributed by atoms with Crippen molar-refractivity contribution in [1.29, 1.82) is 0 Å². The van der Waals surface area contributed by atoms with Gasteiger partial charge >= 0.3 is 0 Å². The van der Waals surface area contributed by atoms with E-state index in [0.717, 1.165) is 25.0 Å². The van der Waals surface area contributed by atoms with Gasteiger partial charge < -0.3 is 4.90 Å². The summed E-state index contributed by atoms with van der Waals surface area (Å²) >= 11 is 0. The predicted octanol–water partition coefficient (Wildman–Crippen LogP) is 2.60. The van der Waals surface area contributed by atoms with Crippen LogP contribution in [-0.4, -0.2) is 38.6 Å². The van der Waals surface area contributed by atoms with Crippen LogP contribution in [0, 0.1) is 17.6 Å². The van der Waals surface area contributed by atoms with Gasteiger partial charge in [0.2, 0.25) is 15.9 Å². The Morgan fingerprint density at radius 1 is 1.35 bits per heavy atom. The minimum atomic E-state index is -3.93. The number of rotatable bonds is 8. The van der Waals surface area contributed by atoms with E-state index in [-0.39, 0.29) is 11.6 Å². The maximum Gasteiger partial charge on any atom is 0.233 e. The van der Waals surface area contributed by atoms with Crippen LogP contribution >= 0.6 is 0 Å². The first-order valence-electron chi connectivity index (χ1n) is 7.36. The van der Waals surface area contributed by atoms with Crippen LogP contribution in [0.15, 0.2) is 18.2 Å². The highest BCUT2D eigenvalue weighted by Gasteiger charge is 2.24. The van der Waals surface area contributed by atoms with E-state index in [1.165, 1.54) is 11.8 Å². The molecule has 0 aromatic heterocycles. The van der Waals surface area contributed by atoms with Crippen LogP contribution in [0.1, 0.15) is 26.7 Å². The van der Waals surface area contributed by atoms with E-state index in [1.807, 2.05) is 11.6 Å². The molecule has 0 spiro atoms. The van der Waals surface area contributed by atoms with Crippen molar-refractivity contribution in [1.82, 2.24) is 4.90 Å². The van der Waals surface area contributed by atoms with Crippen LogP contribution in [0.3, 0.4) is 0 Å². The third-order valence-electron chi connectivity index (χ3n) is 3.31. The second-order valence-electron chi connectivity index (χ2n) is 5.52. The highest BCUT2D eigenvalue weighted by atomic mass is 32.2. The van der Waals surface area contributed by atoms with E-state index in [0.29, 0.717) is 12.6 Å². The number of unbranched alkanes of at least 4 members (excludes halogenated alkanes) is 1. The fraction of sp³-hybridized carbons (Fsp3) is 0.533. The van der Waals surface area contributed by atoms with E-state index in [2.05, 4.69) is 0 Å². The summed E-state index contributed by atoms with van der Waals surface area (Å²) in [5.74, 6) is -3.33. The smallest absolute Gasteiger partial charge is 0.233 e. The molecular weight excluding hydrogens is 326 g/mol. The number of amides is 1. The Bertz CT molecular complexity index is 650. The topological polar surface area (TPSA) is 66.5 Å². The van der Waals surface area contributed by atoms with Crippen LogP contribution in [0.4, 0.5) is 14.5 Å². The van der Waals surface area contributed by atoms with Crippen molar-refractivity contribution in [3.63, 3.8) is 0 Å². The van der Waals surface area contributed by atoms with E-state index < -0.39 is 33.3 Å². The number of carbonyl (C=O) groups excluding carboxylic acids is 1. The van der Waals surface area contributed by atoms with Crippen LogP contribution in [0.5, 0.6) is 0 Å². The average Bonchev–Trinajstić information content (AvgIpc) is 2.46. The van der Waals surface area contributed by atoms with Gasteiger partial charge in [-0.1, -0.05) is 20.3 Å². The maximum absolute atomic E-state index is 13.5. The first kappa shape index (κ1) is 19.3. The monoisotopic (exact) mass is 348 g/mol. The Morgan fingerprint density at radius 3 is 2.57 bits per heavy atom. The molecule has 130 valence electrons. The molecule has 1 amide bonds. The van der Waals surface area contributed by atoms with Crippen LogP contribution in [-0.2, 0) is 14.8 Å². The van der Waals surface area contributed by atoms with Crippen LogP contribution in [0.2, 0.25) is 0 Å². The molecule has 1 atom stereocenters. The average molecular weight is 348 g/mol. The number of sulfonamides is 1. The molecule has 0 radical (unpaired) electrons. The molecule has 5 nitrogen and oxygen atoms in total. The zero-order chi connectivity index (χ0) is 17.6. The number of nitrogens with zero attached hydrogens (tertiary/aromatic N) is 1. The SMILES string of the molecule is CCCCN(C)C(=O)C(C)CS(=O)(=O)Nc1ccc(F)cc1F. The molecule has 0 aliphatic carbocycles. The second kappa shape index (κ2) is 8.24. The molecule has 23 heavy (non-hydrogen) atoms. The fourth-order valence-electron chi connectivity index (χ4n) is 2.06. The lowest BCUT2D eigenvalue weighted by Gasteiger charge is -2.21. The van der Waals surface area contributed by atoms with Gasteiger partial charge in [0.15, 0.2) is 0 Å². The van der Waals surface area contributed by atoms with E-state index >= 15 is 0 Å². The highest BCUT2D eigenvalue weighted by molar-refractivity contribution is 7.92. The summed E-state index contributed by atoms with van der Waals surface area (Å²) in [6.45, 7) is 4.05. The van der Waals surface area contributed by atoms with Crippen molar-refractivity contribution in [2.45, 2.75) is 26.7 Å². The minimum absolute atomic E-state index is 0.289. The fourth-order valence-corrected chi connectivity index (χ4v) is 3.45. The third-order valence-corrected chi connectivity index (χ3v) is 4.78. The molecule has 8 heteroatoms. The number of nitrogens with one attached hydrogen (secondary N) is 1. The Kier molecular flexibility index (Phi) is 6.93. The third kappa shape index (κ3) is 6.13. The molecule has 0 bridgehead atoms. The number of hydrogen-bond acceptors (Lipinski definition) is 3. The molecule has 1 N–H and O–H groups in total. The second-order valence-corrected chi connectivity index (χ2v) is 7.29. The van der Waals surface area contributed by atoms with Gasteiger partial charge in [-0.25, -0.2) is 17.2 Å². The summed E-state index contributed by atoms with van der Waals surface area (Å²) in [5.41, 5.74) is -0.342. The Morgan fingerprint density at radius 2 is 2.00 bits per heavy atom. The lowest BCUT2D eigenvalue weighted by Crippen LogP contribution is -2.36. The van der Waals surface area contributed by atoms with Crippen molar-refractivity contribution >= 4 is 21.6 Å². The Hall–Kier alpha value is -1.70. The molecule has 0 aliphatic rings. The normalized spacial score (nSPS) is 12.7. The van der Waals surface area contributed by atoms with Gasteiger partial charge in [-0.15, -0.1) is 0 Å². The highest BCUT2D eigenvalue weighted by Crippen LogP contribution is 2.17. The van der Waals surface area contributed by atoms with Gasteiger partial charge in [-0.05, 0) is 18.6 Å². The molecule has 0 heterocycles. The zero-order valence-corrected chi connectivity index (χ0v) is 14.3. The molecule has 1 unspecified atom stereocenters. The summed E-state index contributed by atoms with van der Waals surface area (Å²) < 4.78 is 52.5. The van der Waals surface area contributed by atoms with Crippen molar-refractivity contribution in [3.05, 3.63) is 29.8 Å². The van der Waals surface area contributed by atoms with E-state index in [4.69, 9.17) is 0 Å². The molecule has 1 rings (SSSR count). The molecule has 0 saturated carbocycles. The minimum Gasteiger partial charge on any atom is -0.346 e. The largest absolute Gasteiger partial charge is 0.346 e. The molecular formula is C15H22F2N2O3S. The number of halogens is 2. The van der Waals surface area contributed by atoms with E-state index in [9.17, 15) is 22.0 Å². The van der Waals surface area contributed by atoms with Crippen LogP contribution < -0.4 is 4.72 Å². The first-order chi connectivity index (χ1) is 10.7. The lowest BCUT2D eigenvalue weighted by molar-refractivity contribution is -0.133. The summed E-state index contributed by atoms with van der Waals surface area (Å²) in [7, 11) is -2.31. The van der Waals surface area contributed by atoms with Crippen molar-refractivity contribution in [2.24, 2.45) is 5.92 Å². The molecule has 1 aromatic carbocycles. The van der Waals surface area contributed by atoms with Crippen molar-refractivity contribution in [2.75, 3.05) is 24.1 Å². The molecule has 0 fully saturated rings. The number of anilines is 1. The van der Waals surface area contributed by atoms with Gasteiger partial charge in [0, 0.05) is 19.7 Å². The standard InChI is InChI=1S/C15H22F2N2O3S/c1-4-5-8-19(3)15(20)11(2)10-23(21,22)18-14-7-6-12(16)9-13(14)17/h6-7,9,11,18H,4-5,8,10H2,1-3H3. The maximum atomic E-state index is 13.5. The summed E-state index contributed by atoms with van der Waals surface area (Å²) in [6.07, 6.45) is 1.76. The summed E-state index contributed by atoms with van der Waals surface area (Å²) in [4.78, 5) is 13.6. The van der Waals surface area contributed by atoms with Gasteiger partial charge in [0.25, 0.3) is 0 Å². The van der Waals surface area contributed by atoms with Crippen molar-refractivity contribution in [3.8, 4) is 0 Å². The van der Waals surface area contributed by atoms with E-state index in [1.54, 1.807) is 7.05 Å². The molecule has 0 saturated heterocycles. The first-order valence-corrected chi connectivity index (χ1v) is 9.02. The predicted molar refractivity (Wildman–Crippen MR) is 85.5 cm³/mol. The quantitative estimate of drug-likeness (QED) is 0.785. The summed E-state index contributed by atoms with van der Waals surface area (Å²) in [6, 6.07) is 2.54. The van der Waals surface area contributed by atoms with Crippen LogP contribution in [0.25, 0.3) is 0 Å². The van der Waals surface area contributed by atoms with Gasteiger partial charge in [-0.2, -0.15) is 0 Å². The number of carbonyl (C=O) groups is 1. The summed E-state index contributed by atoms with van der Waals surface area (Å²) in [5, 5.41) is 0. The number of benzene rings is 1. The zero-order valence-electron chi connectivity index (χ0n) is 13.5. The molecule has 0 aliphatic heterocycles.